The number of amides is 1. The van der Waals surface area contributed by atoms with Gasteiger partial charge < -0.3 is 11.1 Å². The van der Waals surface area contributed by atoms with Crippen molar-refractivity contribution in [1.29, 1.82) is 0 Å². The quantitative estimate of drug-likeness (QED) is 0.807. The van der Waals surface area contributed by atoms with Crippen LogP contribution in [0.2, 0.25) is 0 Å². The van der Waals surface area contributed by atoms with Gasteiger partial charge in [0.1, 0.15) is 0 Å². The van der Waals surface area contributed by atoms with Gasteiger partial charge in [-0.15, -0.1) is 0 Å². The van der Waals surface area contributed by atoms with Crippen molar-refractivity contribution in [3.05, 3.63) is 29.6 Å². The van der Waals surface area contributed by atoms with E-state index >= 15 is 0 Å². The lowest BCUT2D eigenvalue weighted by atomic mass is 10.0. The molecule has 0 radical (unpaired) electrons. The SMILES string of the molecule is Cc1ccc(CNC2CCN(CC(N)=O)CC2)nc1. The average molecular weight is 262 g/mol. The van der Waals surface area contributed by atoms with Crippen LogP contribution in [0.3, 0.4) is 0 Å². The molecule has 104 valence electrons. The molecule has 0 unspecified atom stereocenters. The number of nitrogens with two attached hydrogens (primary N) is 1. The first-order valence-electron chi connectivity index (χ1n) is 6.79. The third-order valence-electron chi connectivity index (χ3n) is 3.51. The van der Waals surface area contributed by atoms with Crippen molar-refractivity contribution in [2.75, 3.05) is 19.6 Å². The number of likely N-dealkylation sites (tertiary alicyclic amines) is 1. The lowest BCUT2D eigenvalue weighted by Gasteiger charge is -2.31. The number of pyridine rings is 1. The van der Waals surface area contributed by atoms with Gasteiger partial charge in [0.25, 0.3) is 0 Å². The van der Waals surface area contributed by atoms with Crippen LogP contribution in [0.15, 0.2) is 18.3 Å². The van der Waals surface area contributed by atoms with Crippen LogP contribution in [0.4, 0.5) is 0 Å². The number of nitrogens with one attached hydrogen (secondary N) is 1. The van der Waals surface area contributed by atoms with E-state index < -0.39 is 0 Å². The third kappa shape index (κ3) is 4.61. The predicted molar refractivity (Wildman–Crippen MR) is 74.5 cm³/mol. The molecule has 5 heteroatoms. The largest absolute Gasteiger partial charge is 0.369 e. The number of aromatic nitrogens is 1. The van der Waals surface area contributed by atoms with Gasteiger partial charge in [-0.1, -0.05) is 6.07 Å². The van der Waals surface area contributed by atoms with Crippen LogP contribution < -0.4 is 11.1 Å². The maximum Gasteiger partial charge on any atom is 0.231 e. The summed E-state index contributed by atoms with van der Waals surface area (Å²) in [5, 5.41) is 3.53. The minimum atomic E-state index is -0.240. The van der Waals surface area contributed by atoms with E-state index in [-0.39, 0.29) is 5.91 Å². The molecule has 1 aliphatic rings. The van der Waals surface area contributed by atoms with Crippen LogP contribution in [-0.4, -0.2) is 41.5 Å². The summed E-state index contributed by atoms with van der Waals surface area (Å²) in [6, 6.07) is 4.65. The standard InChI is InChI=1S/C14H22N4O/c1-11-2-3-13(16-8-11)9-17-12-4-6-18(7-5-12)10-14(15)19/h2-3,8,12,17H,4-7,9-10H2,1H3,(H2,15,19). The van der Waals surface area contributed by atoms with Gasteiger partial charge in [0, 0.05) is 31.9 Å². The van der Waals surface area contributed by atoms with Crippen molar-refractivity contribution in [3.63, 3.8) is 0 Å². The van der Waals surface area contributed by atoms with Gasteiger partial charge in [0.2, 0.25) is 5.91 Å². The summed E-state index contributed by atoms with van der Waals surface area (Å²) >= 11 is 0. The molecule has 0 atom stereocenters. The van der Waals surface area contributed by atoms with E-state index in [9.17, 15) is 4.79 Å². The van der Waals surface area contributed by atoms with Crippen molar-refractivity contribution in [3.8, 4) is 0 Å². The first-order chi connectivity index (χ1) is 9.13. The number of hydrogen-bond acceptors (Lipinski definition) is 4. The molecule has 3 N–H and O–H groups in total. The van der Waals surface area contributed by atoms with Crippen LogP contribution >= 0.6 is 0 Å². The van der Waals surface area contributed by atoms with E-state index in [0.29, 0.717) is 12.6 Å². The summed E-state index contributed by atoms with van der Waals surface area (Å²) in [4.78, 5) is 17.3. The molecule has 1 aromatic heterocycles. The van der Waals surface area contributed by atoms with Gasteiger partial charge in [0.15, 0.2) is 0 Å². The Bertz CT molecular complexity index is 410. The summed E-state index contributed by atoms with van der Waals surface area (Å²) < 4.78 is 0. The molecule has 2 rings (SSSR count). The maximum atomic E-state index is 10.8. The maximum absolute atomic E-state index is 10.8. The smallest absolute Gasteiger partial charge is 0.231 e. The molecule has 2 heterocycles. The minimum absolute atomic E-state index is 0.240. The molecule has 1 fully saturated rings. The highest BCUT2D eigenvalue weighted by Crippen LogP contribution is 2.10. The first kappa shape index (κ1) is 14.0. The van der Waals surface area contributed by atoms with Crippen molar-refractivity contribution >= 4 is 5.91 Å². The molecule has 19 heavy (non-hydrogen) atoms. The highest BCUT2D eigenvalue weighted by Gasteiger charge is 2.19. The Balaban J connectivity index is 1.71. The molecule has 1 saturated heterocycles. The van der Waals surface area contributed by atoms with E-state index in [1.807, 2.05) is 13.1 Å². The molecular formula is C14H22N4O. The van der Waals surface area contributed by atoms with Gasteiger partial charge in [-0.2, -0.15) is 0 Å². The zero-order chi connectivity index (χ0) is 13.7. The second-order valence-corrected chi connectivity index (χ2v) is 5.22. The monoisotopic (exact) mass is 262 g/mol. The Morgan fingerprint density at radius 3 is 2.79 bits per heavy atom. The molecule has 0 bridgehead atoms. The van der Waals surface area contributed by atoms with Crippen LogP contribution in [0.5, 0.6) is 0 Å². The van der Waals surface area contributed by atoms with E-state index in [1.54, 1.807) is 0 Å². The predicted octanol–water partition coefficient (Wildman–Crippen LogP) is 0.429. The Morgan fingerprint density at radius 1 is 1.47 bits per heavy atom. The molecule has 0 spiro atoms. The first-order valence-corrected chi connectivity index (χ1v) is 6.79. The van der Waals surface area contributed by atoms with Crippen LogP contribution in [0, 0.1) is 6.92 Å². The van der Waals surface area contributed by atoms with Crippen molar-refractivity contribution in [2.45, 2.75) is 32.4 Å². The molecule has 1 amide bonds. The lowest BCUT2D eigenvalue weighted by molar-refractivity contribution is -0.119. The molecule has 1 aliphatic heterocycles. The second kappa shape index (κ2) is 6.63. The Kier molecular flexibility index (Phi) is 4.87. The third-order valence-corrected chi connectivity index (χ3v) is 3.51. The number of carbonyl (C=O) groups is 1. The summed E-state index contributed by atoms with van der Waals surface area (Å²) in [5.41, 5.74) is 7.46. The van der Waals surface area contributed by atoms with E-state index in [1.165, 1.54) is 5.56 Å². The topological polar surface area (TPSA) is 71.2 Å². The van der Waals surface area contributed by atoms with Gasteiger partial charge in [-0.25, -0.2) is 0 Å². The van der Waals surface area contributed by atoms with Crippen molar-refractivity contribution < 1.29 is 4.79 Å². The zero-order valence-corrected chi connectivity index (χ0v) is 11.4. The number of aryl methyl sites for hydroxylation is 1. The van der Waals surface area contributed by atoms with Crippen molar-refractivity contribution in [2.24, 2.45) is 5.73 Å². The highest BCUT2D eigenvalue weighted by molar-refractivity contribution is 5.75. The number of rotatable bonds is 5. The number of carbonyl (C=O) groups excluding carboxylic acids is 1. The fourth-order valence-electron chi connectivity index (χ4n) is 2.37. The van der Waals surface area contributed by atoms with Gasteiger partial charge in [-0.3, -0.25) is 14.7 Å². The van der Waals surface area contributed by atoms with Gasteiger partial charge >= 0.3 is 0 Å². The fourth-order valence-corrected chi connectivity index (χ4v) is 2.37. The van der Waals surface area contributed by atoms with Crippen LogP contribution in [0.25, 0.3) is 0 Å². The Morgan fingerprint density at radius 2 is 2.21 bits per heavy atom. The summed E-state index contributed by atoms with van der Waals surface area (Å²) in [6.45, 7) is 5.09. The zero-order valence-electron chi connectivity index (χ0n) is 11.4. The number of piperidine rings is 1. The molecular weight excluding hydrogens is 240 g/mol. The summed E-state index contributed by atoms with van der Waals surface area (Å²) in [5.74, 6) is -0.240. The average Bonchev–Trinajstić information content (AvgIpc) is 2.39. The highest BCUT2D eigenvalue weighted by atomic mass is 16.1. The second-order valence-electron chi connectivity index (χ2n) is 5.22. The fraction of sp³-hybridized carbons (Fsp3) is 0.571. The van der Waals surface area contributed by atoms with Crippen LogP contribution in [0.1, 0.15) is 24.1 Å². The minimum Gasteiger partial charge on any atom is -0.369 e. The summed E-state index contributed by atoms with van der Waals surface area (Å²) in [6.07, 6.45) is 4.00. The van der Waals surface area contributed by atoms with E-state index in [4.69, 9.17) is 5.73 Å². The Labute approximate surface area is 114 Å². The van der Waals surface area contributed by atoms with E-state index in [2.05, 4.69) is 27.3 Å². The number of nitrogens with zero attached hydrogens (tertiary/aromatic N) is 2. The normalized spacial score (nSPS) is 17.5. The molecule has 0 aromatic carbocycles. The van der Waals surface area contributed by atoms with Crippen LogP contribution in [-0.2, 0) is 11.3 Å². The number of primary amides is 1. The lowest BCUT2D eigenvalue weighted by Crippen LogP contribution is -2.45. The Hall–Kier alpha value is -1.46. The number of hydrogen-bond donors (Lipinski definition) is 2. The molecule has 0 aliphatic carbocycles. The summed E-state index contributed by atoms with van der Waals surface area (Å²) in [7, 11) is 0. The van der Waals surface area contributed by atoms with Crippen molar-refractivity contribution in [1.82, 2.24) is 15.2 Å². The molecule has 5 nitrogen and oxygen atoms in total. The van der Waals surface area contributed by atoms with E-state index in [0.717, 1.165) is 38.2 Å². The molecule has 0 saturated carbocycles. The van der Waals surface area contributed by atoms with Gasteiger partial charge in [0.05, 0.1) is 12.2 Å². The van der Waals surface area contributed by atoms with Gasteiger partial charge in [-0.05, 0) is 31.4 Å². The molecule has 1 aromatic rings.